The van der Waals surface area contributed by atoms with E-state index in [1.165, 1.54) is 24.8 Å². The standard InChI is InChI=1S/C18H24N4/c1-2-3-4-11-21-12-5-6-18-20-14-17(22(18)21)16-9-7-15(13-19)8-10-16/h5-10,12,14,17H,2-4,11,13,19H2,1H3. The van der Waals surface area contributed by atoms with Crippen molar-refractivity contribution in [1.29, 1.82) is 0 Å². The summed E-state index contributed by atoms with van der Waals surface area (Å²) < 4.78 is 0. The third-order valence-electron chi connectivity index (χ3n) is 4.17. The van der Waals surface area contributed by atoms with Gasteiger partial charge in [0.05, 0.1) is 0 Å². The van der Waals surface area contributed by atoms with Gasteiger partial charge in [0.15, 0.2) is 0 Å². The van der Waals surface area contributed by atoms with Gasteiger partial charge in [0.25, 0.3) is 0 Å². The van der Waals surface area contributed by atoms with Gasteiger partial charge in [-0.2, -0.15) is 0 Å². The van der Waals surface area contributed by atoms with Crippen LogP contribution in [0.4, 0.5) is 0 Å². The van der Waals surface area contributed by atoms with Gasteiger partial charge in [-0.25, -0.2) is 4.99 Å². The smallest absolute Gasteiger partial charge is 0.147 e. The van der Waals surface area contributed by atoms with Crippen LogP contribution in [0.1, 0.15) is 43.4 Å². The number of hydrazine groups is 1. The molecule has 0 aromatic heterocycles. The molecule has 3 rings (SSSR count). The number of unbranched alkanes of at least 4 members (excludes halogenated alkanes) is 2. The Balaban J connectivity index is 1.78. The minimum atomic E-state index is 0.171. The fourth-order valence-corrected chi connectivity index (χ4v) is 2.91. The summed E-state index contributed by atoms with van der Waals surface area (Å²) in [5, 5.41) is 4.58. The number of allylic oxidation sites excluding steroid dienone is 2. The zero-order valence-electron chi connectivity index (χ0n) is 13.2. The SMILES string of the molecule is CCCCCN1C=CC=C2N=CC(c3ccc(CN)cc3)N21. The van der Waals surface area contributed by atoms with Crippen molar-refractivity contribution in [1.82, 2.24) is 10.0 Å². The number of hydrogen-bond donors (Lipinski definition) is 1. The zero-order chi connectivity index (χ0) is 15.4. The van der Waals surface area contributed by atoms with E-state index in [1.54, 1.807) is 0 Å². The summed E-state index contributed by atoms with van der Waals surface area (Å²) in [5.74, 6) is 1.02. The summed E-state index contributed by atoms with van der Waals surface area (Å²) >= 11 is 0. The molecule has 116 valence electrons. The van der Waals surface area contributed by atoms with Crippen LogP contribution < -0.4 is 5.73 Å². The van der Waals surface area contributed by atoms with E-state index in [9.17, 15) is 0 Å². The molecule has 2 aliphatic rings. The molecule has 0 spiro atoms. The Bertz CT molecular complexity index is 586. The number of aliphatic imine (C=N–C) groups is 1. The average molecular weight is 296 g/mol. The highest BCUT2D eigenvalue weighted by Gasteiger charge is 2.30. The molecule has 2 heterocycles. The molecule has 4 heteroatoms. The first kappa shape index (κ1) is 14.9. The van der Waals surface area contributed by atoms with Crippen molar-refractivity contribution >= 4 is 6.21 Å². The van der Waals surface area contributed by atoms with Crippen LogP contribution in [-0.4, -0.2) is 22.8 Å². The zero-order valence-corrected chi connectivity index (χ0v) is 13.2. The summed E-state index contributed by atoms with van der Waals surface area (Å²) in [6.07, 6.45) is 12.0. The lowest BCUT2D eigenvalue weighted by Gasteiger charge is -2.38. The highest BCUT2D eigenvalue weighted by molar-refractivity contribution is 5.72. The summed E-state index contributed by atoms with van der Waals surface area (Å²) in [4.78, 5) is 4.58. The molecule has 2 aliphatic heterocycles. The molecule has 0 aliphatic carbocycles. The maximum atomic E-state index is 5.69. The van der Waals surface area contributed by atoms with Crippen LogP contribution in [0.3, 0.4) is 0 Å². The van der Waals surface area contributed by atoms with E-state index in [0.717, 1.165) is 17.9 Å². The molecule has 4 nitrogen and oxygen atoms in total. The number of hydrogen-bond acceptors (Lipinski definition) is 4. The predicted octanol–water partition coefficient (Wildman–Crippen LogP) is 3.35. The van der Waals surface area contributed by atoms with E-state index in [4.69, 9.17) is 5.73 Å². The number of nitrogens with zero attached hydrogens (tertiary/aromatic N) is 3. The first-order chi connectivity index (χ1) is 10.8. The van der Waals surface area contributed by atoms with Crippen LogP contribution in [0.2, 0.25) is 0 Å². The Hall–Kier alpha value is -2.07. The third kappa shape index (κ3) is 2.92. The van der Waals surface area contributed by atoms with Crippen LogP contribution in [-0.2, 0) is 6.54 Å². The maximum Gasteiger partial charge on any atom is 0.147 e. The van der Waals surface area contributed by atoms with Crippen molar-refractivity contribution in [2.75, 3.05) is 6.54 Å². The number of benzene rings is 1. The number of nitrogens with two attached hydrogens (primary N) is 1. The molecular formula is C18H24N4. The van der Waals surface area contributed by atoms with Gasteiger partial charge in [-0.05, 0) is 29.7 Å². The summed E-state index contributed by atoms with van der Waals surface area (Å²) in [5.41, 5.74) is 8.10. The molecule has 2 N–H and O–H groups in total. The molecule has 0 fully saturated rings. The molecular weight excluding hydrogens is 272 g/mol. The van der Waals surface area contributed by atoms with E-state index < -0.39 is 0 Å². The lowest BCUT2D eigenvalue weighted by atomic mass is 10.1. The number of rotatable bonds is 6. The van der Waals surface area contributed by atoms with Gasteiger partial charge < -0.3 is 5.73 Å². The Morgan fingerprint density at radius 2 is 2.00 bits per heavy atom. The molecule has 1 atom stereocenters. The predicted molar refractivity (Wildman–Crippen MR) is 90.9 cm³/mol. The highest BCUT2D eigenvalue weighted by atomic mass is 15.7. The second-order valence-electron chi connectivity index (χ2n) is 5.75. The second-order valence-corrected chi connectivity index (χ2v) is 5.75. The molecule has 1 aromatic rings. The van der Waals surface area contributed by atoms with Crippen molar-refractivity contribution in [3.05, 3.63) is 59.6 Å². The van der Waals surface area contributed by atoms with Crippen LogP contribution in [0, 0.1) is 0 Å². The second kappa shape index (κ2) is 6.79. The maximum absolute atomic E-state index is 5.69. The quantitative estimate of drug-likeness (QED) is 0.819. The first-order valence-electron chi connectivity index (χ1n) is 8.11. The molecule has 0 radical (unpaired) electrons. The van der Waals surface area contributed by atoms with Crippen LogP contribution in [0.25, 0.3) is 0 Å². The largest absolute Gasteiger partial charge is 0.326 e. The molecule has 22 heavy (non-hydrogen) atoms. The van der Waals surface area contributed by atoms with Gasteiger partial charge in [0.1, 0.15) is 11.9 Å². The van der Waals surface area contributed by atoms with Gasteiger partial charge in [-0.3, -0.25) is 10.0 Å². The molecule has 0 bridgehead atoms. The minimum Gasteiger partial charge on any atom is -0.326 e. The molecule has 0 saturated heterocycles. The summed E-state index contributed by atoms with van der Waals surface area (Å²) in [6, 6.07) is 8.69. The van der Waals surface area contributed by atoms with Gasteiger partial charge in [-0.1, -0.05) is 44.0 Å². The van der Waals surface area contributed by atoms with E-state index in [0.29, 0.717) is 6.54 Å². The third-order valence-corrected chi connectivity index (χ3v) is 4.17. The van der Waals surface area contributed by atoms with Crippen molar-refractivity contribution < 1.29 is 0 Å². The highest BCUT2D eigenvalue weighted by Crippen LogP contribution is 2.33. The normalized spacial score (nSPS) is 19.5. The van der Waals surface area contributed by atoms with E-state index in [2.05, 4.69) is 64.6 Å². The first-order valence-corrected chi connectivity index (χ1v) is 8.11. The van der Waals surface area contributed by atoms with Gasteiger partial charge in [0.2, 0.25) is 0 Å². The van der Waals surface area contributed by atoms with Gasteiger partial charge in [0, 0.05) is 25.5 Å². The minimum absolute atomic E-state index is 0.171. The average Bonchev–Trinajstić information content (AvgIpc) is 3.00. The Morgan fingerprint density at radius 3 is 2.73 bits per heavy atom. The lowest BCUT2D eigenvalue weighted by Crippen LogP contribution is -2.40. The molecule has 1 unspecified atom stereocenters. The number of fused-ring (bicyclic) bond motifs is 1. The van der Waals surface area contributed by atoms with E-state index >= 15 is 0 Å². The Kier molecular flexibility index (Phi) is 4.59. The molecule has 1 aromatic carbocycles. The monoisotopic (exact) mass is 296 g/mol. The van der Waals surface area contributed by atoms with Crippen molar-refractivity contribution in [2.24, 2.45) is 10.7 Å². The summed E-state index contributed by atoms with van der Waals surface area (Å²) in [7, 11) is 0. The molecule has 0 saturated carbocycles. The fourth-order valence-electron chi connectivity index (χ4n) is 2.91. The summed E-state index contributed by atoms with van der Waals surface area (Å²) in [6.45, 7) is 3.85. The van der Waals surface area contributed by atoms with E-state index in [-0.39, 0.29) is 6.04 Å². The molecule has 0 amide bonds. The Labute approximate surface area is 132 Å². The lowest BCUT2D eigenvalue weighted by molar-refractivity contribution is 0.0433. The Morgan fingerprint density at radius 1 is 1.18 bits per heavy atom. The van der Waals surface area contributed by atoms with E-state index in [1.807, 2.05) is 6.21 Å². The fraction of sp³-hybridized carbons (Fsp3) is 0.389. The van der Waals surface area contributed by atoms with Gasteiger partial charge in [-0.15, -0.1) is 0 Å². The van der Waals surface area contributed by atoms with Crippen LogP contribution in [0.15, 0.2) is 53.4 Å². The van der Waals surface area contributed by atoms with Crippen LogP contribution in [0.5, 0.6) is 0 Å². The van der Waals surface area contributed by atoms with Gasteiger partial charge >= 0.3 is 0 Å². The topological polar surface area (TPSA) is 44.9 Å². The van der Waals surface area contributed by atoms with Crippen molar-refractivity contribution in [2.45, 2.75) is 38.8 Å². The van der Waals surface area contributed by atoms with Crippen LogP contribution >= 0.6 is 0 Å². The van der Waals surface area contributed by atoms with Crippen molar-refractivity contribution in [3.8, 4) is 0 Å². The van der Waals surface area contributed by atoms with Crippen molar-refractivity contribution in [3.63, 3.8) is 0 Å².